The van der Waals surface area contributed by atoms with Crippen molar-refractivity contribution in [3.8, 4) is 0 Å². The average Bonchev–Trinajstić information content (AvgIpc) is 2.75. The number of aromatic nitrogens is 2. The predicted octanol–water partition coefficient (Wildman–Crippen LogP) is 0.749. The number of benzene rings is 1. The van der Waals surface area contributed by atoms with Crippen molar-refractivity contribution in [1.29, 1.82) is 0 Å². The molecule has 0 amide bonds. The maximum Gasteiger partial charge on any atom is 0.172 e. The molecule has 1 fully saturated rings. The van der Waals surface area contributed by atoms with Gasteiger partial charge >= 0.3 is 0 Å². The molecule has 1 unspecified atom stereocenters. The number of hydrogen-bond donors (Lipinski definition) is 2. The van der Waals surface area contributed by atoms with Crippen molar-refractivity contribution >= 4 is 22.7 Å². The van der Waals surface area contributed by atoms with Crippen LogP contribution in [0.5, 0.6) is 0 Å². The van der Waals surface area contributed by atoms with Crippen LogP contribution in [0.2, 0.25) is 0 Å². The topological polar surface area (TPSA) is 81.1 Å². The highest BCUT2D eigenvalue weighted by Gasteiger charge is 2.22. The highest BCUT2D eigenvalue weighted by Crippen LogP contribution is 2.25. The molecule has 0 saturated carbocycles. The molecule has 1 aliphatic heterocycles. The van der Waals surface area contributed by atoms with Gasteiger partial charge in [-0.2, -0.15) is 0 Å². The van der Waals surface area contributed by atoms with E-state index in [4.69, 9.17) is 11.5 Å². The Morgan fingerprint density at radius 2 is 1.88 bits per heavy atom. The Morgan fingerprint density at radius 1 is 1.18 bits per heavy atom. The molecule has 3 rings (SSSR count). The fraction of sp³-hybridized carbons (Fsp3) is 0.333. The van der Waals surface area contributed by atoms with Crippen molar-refractivity contribution in [3.05, 3.63) is 24.3 Å². The second-order valence-electron chi connectivity index (χ2n) is 4.42. The molecule has 0 radical (unpaired) electrons. The molecule has 1 aromatic heterocycles. The fourth-order valence-corrected chi connectivity index (χ4v) is 2.22. The smallest absolute Gasteiger partial charge is 0.172 e. The van der Waals surface area contributed by atoms with Gasteiger partial charge in [0.05, 0.1) is 11.0 Å². The normalized spacial score (nSPS) is 20.1. The van der Waals surface area contributed by atoms with E-state index in [1.807, 2.05) is 24.3 Å². The molecule has 1 aliphatic rings. The molecule has 5 nitrogen and oxygen atoms in total. The van der Waals surface area contributed by atoms with Crippen molar-refractivity contribution in [3.63, 3.8) is 0 Å². The lowest BCUT2D eigenvalue weighted by Crippen LogP contribution is -2.27. The van der Waals surface area contributed by atoms with E-state index in [9.17, 15) is 0 Å². The van der Waals surface area contributed by atoms with Crippen LogP contribution in [0.1, 0.15) is 6.42 Å². The number of hydrogen-bond acceptors (Lipinski definition) is 5. The number of para-hydroxylation sites is 2. The molecule has 1 atom stereocenters. The number of nitrogens with two attached hydrogens (primary N) is 2. The molecular formula is C12H15N5. The Kier molecular flexibility index (Phi) is 2.33. The summed E-state index contributed by atoms with van der Waals surface area (Å²) in [4.78, 5) is 11.1. The van der Waals surface area contributed by atoms with Gasteiger partial charge in [-0.1, -0.05) is 12.1 Å². The molecule has 2 aromatic rings. The molecule has 17 heavy (non-hydrogen) atoms. The summed E-state index contributed by atoms with van der Waals surface area (Å²) >= 11 is 0. The van der Waals surface area contributed by atoms with Crippen LogP contribution in [0.25, 0.3) is 11.0 Å². The monoisotopic (exact) mass is 229 g/mol. The number of fused-ring (bicyclic) bond motifs is 1. The lowest BCUT2D eigenvalue weighted by atomic mass is 10.3. The Labute approximate surface area is 99.4 Å². The van der Waals surface area contributed by atoms with E-state index in [2.05, 4.69) is 14.9 Å². The molecule has 0 aliphatic carbocycles. The lowest BCUT2D eigenvalue weighted by Gasteiger charge is -2.18. The molecule has 2 heterocycles. The maximum absolute atomic E-state index is 5.96. The highest BCUT2D eigenvalue weighted by molar-refractivity contribution is 5.79. The molecule has 1 aromatic carbocycles. The van der Waals surface area contributed by atoms with Crippen LogP contribution in [0.15, 0.2) is 24.3 Å². The third-order valence-electron chi connectivity index (χ3n) is 3.10. The van der Waals surface area contributed by atoms with Gasteiger partial charge in [-0.25, -0.2) is 9.97 Å². The van der Waals surface area contributed by atoms with Crippen molar-refractivity contribution in [2.75, 3.05) is 23.7 Å². The summed E-state index contributed by atoms with van der Waals surface area (Å²) in [6.07, 6.45) is 0.980. The summed E-state index contributed by atoms with van der Waals surface area (Å²) in [7, 11) is 0. The van der Waals surface area contributed by atoms with Crippen LogP contribution < -0.4 is 16.4 Å². The lowest BCUT2D eigenvalue weighted by molar-refractivity contribution is 0.751. The zero-order valence-electron chi connectivity index (χ0n) is 9.50. The fourth-order valence-electron chi connectivity index (χ4n) is 2.22. The first-order valence-corrected chi connectivity index (χ1v) is 5.77. The maximum atomic E-state index is 5.96. The molecule has 5 heteroatoms. The summed E-state index contributed by atoms with van der Waals surface area (Å²) in [5.41, 5.74) is 13.6. The molecule has 0 spiro atoms. The molecule has 88 valence electrons. The predicted molar refractivity (Wildman–Crippen MR) is 68.8 cm³/mol. The molecule has 4 N–H and O–H groups in total. The van der Waals surface area contributed by atoms with Crippen LogP contribution in [0.3, 0.4) is 0 Å². The number of anilines is 2. The third kappa shape index (κ3) is 1.78. The van der Waals surface area contributed by atoms with Crippen LogP contribution in [0, 0.1) is 0 Å². The first-order valence-electron chi connectivity index (χ1n) is 5.77. The van der Waals surface area contributed by atoms with Gasteiger partial charge in [-0.15, -0.1) is 0 Å². The second-order valence-corrected chi connectivity index (χ2v) is 4.42. The minimum Gasteiger partial charge on any atom is -0.381 e. The van der Waals surface area contributed by atoms with E-state index in [1.165, 1.54) is 0 Å². The summed E-state index contributed by atoms with van der Waals surface area (Å²) in [6.45, 7) is 1.70. The molecule has 1 saturated heterocycles. The van der Waals surface area contributed by atoms with Gasteiger partial charge in [-0.05, 0) is 18.6 Å². The number of rotatable bonds is 1. The number of nitrogen functional groups attached to an aromatic ring is 1. The van der Waals surface area contributed by atoms with Gasteiger partial charge in [0.2, 0.25) is 0 Å². The Morgan fingerprint density at radius 3 is 2.53 bits per heavy atom. The van der Waals surface area contributed by atoms with Crippen LogP contribution in [0.4, 0.5) is 11.6 Å². The quantitative estimate of drug-likeness (QED) is 0.754. The summed E-state index contributed by atoms with van der Waals surface area (Å²) in [5, 5.41) is 0. The van der Waals surface area contributed by atoms with Crippen molar-refractivity contribution in [2.24, 2.45) is 5.73 Å². The van der Waals surface area contributed by atoms with E-state index in [-0.39, 0.29) is 6.04 Å². The highest BCUT2D eigenvalue weighted by atomic mass is 15.2. The largest absolute Gasteiger partial charge is 0.381 e. The first-order chi connectivity index (χ1) is 8.24. The molecule has 0 bridgehead atoms. The Balaban J connectivity index is 2.07. The van der Waals surface area contributed by atoms with Gasteiger partial charge < -0.3 is 16.4 Å². The van der Waals surface area contributed by atoms with E-state index in [1.54, 1.807) is 0 Å². The van der Waals surface area contributed by atoms with Gasteiger partial charge in [0.15, 0.2) is 11.6 Å². The SMILES string of the molecule is Nc1nc2ccccc2nc1N1CCC(N)C1. The van der Waals surface area contributed by atoms with E-state index < -0.39 is 0 Å². The van der Waals surface area contributed by atoms with E-state index in [0.717, 1.165) is 36.4 Å². The summed E-state index contributed by atoms with van der Waals surface area (Å²) < 4.78 is 0. The van der Waals surface area contributed by atoms with E-state index >= 15 is 0 Å². The third-order valence-corrected chi connectivity index (χ3v) is 3.10. The van der Waals surface area contributed by atoms with Crippen molar-refractivity contribution in [1.82, 2.24) is 9.97 Å². The Hall–Kier alpha value is -1.88. The van der Waals surface area contributed by atoms with Crippen molar-refractivity contribution < 1.29 is 0 Å². The van der Waals surface area contributed by atoms with Gasteiger partial charge in [-0.3, -0.25) is 0 Å². The van der Waals surface area contributed by atoms with Crippen molar-refractivity contribution in [2.45, 2.75) is 12.5 Å². The van der Waals surface area contributed by atoms with Gasteiger partial charge in [0.25, 0.3) is 0 Å². The number of nitrogens with zero attached hydrogens (tertiary/aromatic N) is 3. The van der Waals surface area contributed by atoms with Gasteiger partial charge in [0, 0.05) is 19.1 Å². The second kappa shape index (κ2) is 3.85. The van der Waals surface area contributed by atoms with Crippen LogP contribution in [-0.2, 0) is 0 Å². The van der Waals surface area contributed by atoms with Gasteiger partial charge in [0.1, 0.15) is 0 Å². The summed E-state index contributed by atoms with van der Waals surface area (Å²) in [6, 6.07) is 7.95. The zero-order chi connectivity index (χ0) is 11.8. The summed E-state index contributed by atoms with van der Waals surface area (Å²) in [5.74, 6) is 1.24. The minimum absolute atomic E-state index is 0.211. The zero-order valence-corrected chi connectivity index (χ0v) is 9.50. The van der Waals surface area contributed by atoms with Crippen LogP contribution >= 0.6 is 0 Å². The Bertz CT molecular complexity index is 554. The molecular weight excluding hydrogens is 214 g/mol. The average molecular weight is 229 g/mol. The first kappa shape index (κ1) is 10.3. The van der Waals surface area contributed by atoms with E-state index in [0.29, 0.717) is 5.82 Å². The van der Waals surface area contributed by atoms with Crippen LogP contribution in [-0.4, -0.2) is 29.1 Å². The minimum atomic E-state index is 0.211. The standard InChI is InChI=1S/C12H15N5/c13-8-5-6-17(7-8)12-11(14)15-9-3-1-2-4-10(9)16-12/h1-4,8H,5-7,13H2,(H2,14,15).